The molecular weight excluding hydrogens is 270 g/mol. The average Bonchev–Trinajstić information content (AvgIpc) is 2.36. The van der Waals surface area contributed by atoms with Crippen LogP contribution in [0.3, 0.4) is 0 Å². The van der Waals surface area contributed by atoms with Crippen LogP contribution in [0.5, 0.6) is 5.75 Å². The molecule has 0 aliphatic carbocycles. The van der Waals surface area contributed by atoms with Crippen LogP contribution in [-0.2, 0) is 4.79 Å². The summed E-state index contributed by atoms with van der Waals surface area (Å²) in [5.74, 6) is -0.947. The molecule has 0 bridgehead atoms. The first-order valence-electron chi connectivity index (χ1n) is 5.63. The molecule has 0 heterocycles. The van der Waals surface area contributed by atoms with Gasteiger partial charge in [-0.05, 0) is 32.0 Å². The van der Waals surface area contributed by atoms with Crippen LogP contribution in [0.15, 0.2) is 18.2 Å². The molecule has 0 radical (unpaired) electrons. The smallest absolute Gasteiger partial charge is 0.310 e. The number of carboxylic acid groups (broad SMARTS) is 1. The van der Waals surface area contributed by atoms with E-state index in [1.807, 2.05) is 0 Å². The number of aliphatic carboxylic acids is 1. The van der Waals surface area contributed by atoms with Gasteiger partial charge in [0, 0.05) is 12.1 Å². The molecule has 0 fully saturated rings. The lowest BCUT2D eigenvalue weighted by Gasteiger charge is -2.19. The van der Waals surface area contributed by atoms with Crippen molar-refractivity contribution in [1.82, 2.24) is 5.32 Å². The first kappa shape index (κ1) is 15.3. The maximum Gasteiger partial charge on any atom is 0.310 e. The van der Waals surface area contributed by atoms with Gasteiger partial charge in [-0.15, -0.1) is 0 Å². The van der Waals surface area contributed by atoms with Gasteiger partial charge in [0.25, 0.3) is 5.91 Å². The predicted octanol–water partition coefficient (Wildman–Crippen LogP) is 2.19. The molecule has 1 aromatic rings. The minimum Gasteiger partial charge on any atom is -0.495 e. The van der Waals surface area contributed by atoms with E-state index in [0.717, 1.165) is 0 Å². The third-order valence-electron chi connectivity index (χ3n) is 2.68. The quantitative estimate of drug-likeness (QED) is 0.869. The van der Waals surface area contributed by atoms with Crippen molar-refractivity contribution in [2.24, 2.45) is 5.41 Å². The molecule has 0 aromatic heterocycles. The van der Waals surface area contributed by atoms with E-state index < -0.39 is 11.4 Å². The van der Waals surface area contributed by atoms with Crippen LogP contribution in [-0.4, -0.2) is 30.6 Å². The van der Waals surface area contributed by atoms with Crippen molar-refractivity contribution in [3.63, 3.8) is 0 Å². The zero-order valence-corrected chi connectivity index (χ0v) is 11.7. The van der Waals surface area contributed by atoms with Gasteiger partial charge in [-0.2, -0.15) is 0 Å². The topological polar surface area (TPSA) is 75.6 Å². The second kappa shape index (κ2) is 5.93. The molecule has 1 aromatic carbocycles. The fraction of sp³-hybridized carbons (Fsp3) is 0.385. The fourth-order valence-electron chi connectivity index (χ4n) is 1.28. The number of nitrogens with one attached hydrogen (secondary N) is 1. The lowest BCUT2D eigenvalue weighted by molar-refractivity contribution is -0.146. The highest BCUT2D eigenvalue weighted by molar-refractivity contribution is 6.32. The minimum atomic E-state index is -1.02. The van der Waals surface area contributed by atoms with Crippen molar-refractivity contribution < 1.29 is 19.4 Å². The van der Waals surface area contributed by atoms with Gasteiger partial charge in [-0.1, -0.05) is 11.6 Å². The number of carbonyl (C=O) groups excluding carboxylic acids is 1. The highest BCUT2D eigenvalue weighted by Gasteiger charge is 2.27. The first-order chi connectivity index (χ1) is 8.77. The van der Waals surface area contributed by atoms with Gasteiger partial charge in [0.1, 0.15) is 5.75 Å². The van der Waals surface area contributed by atoms with E-state index in [0.29, 0.717) is 16.3 Å². The minimum absolute atomic E-state index is 0.0338. The lowest BCUT2D eigenvalue weighted by Crippen LogP contribution is -2.38. The summed E-state index contributed by atoms with van der Waals surface area (Å²) >= 11 is 5.86. The van der Waals surface area contributed by atoms with Crippen molar-refractivity contribution in [2.45, 2.75) is 13.8 Å². The van der Waals surface area contributed by atoms with E-state index in [2.05, 4.69) is 5.32 Å². The number of carbonyl (C=O) groups is 2. The van der Waals surface area contributed by atoms with Gasteiger partial charge in [0.05, 0.1) is 17.5 Å². The van der Waals surface area contributed by atoms with Gasteiger partial charge >= 0.3 is 5.97 Å². The molecule has 104 valence electrons. The van der Waals surface area contributed by atoms with Crippen molar-refractivity contribution in [2.75, 3.05) is 13.7 Å². The Kier molecular flexibility index (Phi) is 4.78. The second-order valence-electron chi connectivity index (χ2n) is 4.72. The lowest BCUT2D eigenvalue weighted by atomic mass is 9.94. The summed E-state index contributed by atoms with van der Waals surface area (Å²) in [6.45, 7) is 3.11. The number of hydrogen-bond donors (Lipinski definition) is 2. The molecule has 6 heteroatoms. The maximum atomic E-state index is 11.9. The highest BCUT2D eigenvalue weighted by Crippen LogP contribution is 2.25. The number of carboxylic acids is 1. The summed E-state index contributed by atoms with van der Waals surface area (Å²) in [6.07, 6.45) is 0. The molecule has 5 nitrogen and oxygen atoms in total. The number of amides is 1. The molecule has 0 aliphatic rings. The summed E-state index contributed by atoms with van der Waals surface area (Å²) in [4.78, 5) is 22.8. The summed E-state index contributed by atoms with van der Waals surface area (Å²) in [5, 5.41) is 11.9. The fourth-order valence-corrected chi connectivity index (χ4v) is 1.47. The molecule has 0 unspecified atom stereocenters. The normalized spacial score (nSPS) is 10.9. The average molecular weight is 286 g/mol. The summed E-state index contributed by atoms with van der Waals surface area (Å²) < 4.78 is 5.01. The number of rotatable bonds is 5. The van der Waals surface area contributed by atoms with Crippen LogP contribution in [0.1, 0.15) is 24.2 Å². The van der Waals surface area contributed by atoms with E-state index in [1.54, 1.807) is 12.1 Å². The Balaban J connectivity index is 2.77. The van der Waals surface area contributed by atoms with Crippen LogP contribution in [0.2, 0.25) is 5.02 Å². The number of benzene rings is 1. The molecule has 1 rings (SSSR count). The van der Waals surface area contributed by atoms with Crippen LogP contribution in [0.25, 0.3) is 0 Å². The molecule has 1 amide bonds. The van der Waals surface area contributed by atoms with Gasteiger partial charge in [-0.25, -0.2) is 0 Å². The van der Waals surface area contributed by atoms with Gasteiger partial charge in [0.15, 0.2) is 0 Å². The van der Waals surface area contributed by atoms with E-state index in [9.17, 15) is 9.59 Å². The van der Waals surface area contributed by atoms with Gasteiger partial charge in [-0.3, -0.25) is 9.59 Å². The highest BCUT2D eigenvalue weighted by atomic mass is 35.5. The Morgan fingerprint density at radius 3 is 2.58 bits per heavy atom. The summed E-state index contributed by atoms with van der Waals surface area (Å²) in [7, 11) is 1.45. The third-order valence-corrected chi connectivity index (χ3v) is 3.00. The van der Waals surface area contributed by atoms with Crippen LogP contribution >= 0.6 is 11.6 Å². The molecule has 0 aliphatic heterocycles. The largest absolute Gasteiger partial charge is 0.495 e. The second-order valence-corrected chi connectivity index (χ2v) is 5.13. The molecular formula is C13H16ClNO4. The number of halogens is 1. The zero-order chi connectivity index (χ0) is 14.6. The Labute approximate surface area is 116 Å². The molecule has 0 saturated heterocycles. The Hall–Kier alpha value is -1.75. The van der Waals surface area contributed by atoms with E-state index in [4.69, 9.17) is 21.4 Å². The van der Waals surface area contributed by atoms with E-state index in [-0.39, 0.29) is 12.5 Å². The Bertz CT molecular complexity index is 499. The molecule has 19 heavy (non-hydrogen) atoms. The first-order valence-corrected chi connectivity index (χ1v) is 6.01. The van der Waals surface area contributed by atoms with Crippen molar-refractivity contribution in [1.29, 1.82) is 0 Å². The summed E-state index contributed by atoms with van der Waals surface area (Å²) in [6, 6.07) is 4.61. The zero-order valence-electron chi connectivity index (χ0n) is 11.0. The SMILES string of the molecule is COc1cc(C(=O)NCC(C)(C)C(=O)O)ccc1Cl. The maximum absolute atomic E-state index is 11.9. The van der Waals surface area contributed by atoms with E-state index in [1.165, 1.54) is 27.0 Å². The number of hydrogen-bond acceptors (Lipinski definition) is 3. The van der Waals surface area contributed by atoms with Crippen molar-refractivity contribution in [3.05, 3.63) is 28.8 Å². The number of methoxy groups -OCH3 is 1. The number of ether oxygens (including phenoxy) is 1. The molecule has 2 N–H and O–H groups in total. The van der Waals surface area contributed by atoms with E-state index >= 15 is 0 Å². The van der Waals surface area contributed by atoms with Gasteiger partial charge < -0.3 is 15.2 Å². The summed E-state index contributed by atoms with van der Waals surface area (Å²) in [5.41, 5.74) is -0.658. The van der Waals surface area contributed by atoms with Crippen LogP contribution in [0, 0.1) is 5.41 Å². The van der Waals surface area contributed by atoms with Crippen LogP contribution in [0.4, 0.5) is 0 Å². The Morgan fingerprint density at radius 2 is 2.05 bits per heavy atom. The van der Waals surface area contributed by atoms with Crippen molar-refractivity contribution >= 4 is 23.5 Å². The standard InChI is InChI=1S/C13H16ClNO4/c1-13(2,12(17)18)7-15-11(16)8-4-5-9(14)10(6-8)19-3/h4-6H,7H2,1-3H3,(H,15,16)(H,17,18). The predicted molar refractivity (Wildman–Crippen MR) is 71.8 cm³/mol. The molecule has 0 saturated carbocycles. The Morgan fingerprint density at radius 1 is 1.42 bits per heavy atom. The van der Waals surface area contributed by atoms with Crippen LogP contribution < -0.4 is 10.1 Å². The molecule has 0 spiro atoms. The monoisotopic (exact) mass is 285 g/mol. The van der Waals surface area contributed by atoms with Gasteiger partial charge in [0.2, 0.25) is 0 Å². The third kappa shape index (κ3) is 3.86. The molecule has 0 atom stereocenters. The van der Waals surface area contributed by atoms with Crippen molar-refractivity contribution in [3.8, 4) is 5.75 Å².